The molecule has 0 fully saturated rings. The topological polar surface area (TPSA) is 20.2 Å². The summed E-state index contributed by atoms with van der Waals surface area (Å²) < 4.78 is 0.871. The molecule has 2 nitrogen and oxygen atoms in total. The minimum absolute atomic E-state index is 0. The van der Waals surface area contributed by atoms with Crippen molar-refractivity contribution in [2.75, 3.05) is 19.6 Å². The average molecular weight is 294 g/mol. The number of hydrogen-bond acceptors (Lipinski definition) is 1. The highest BCUT2D eigenvalue weighted by Gasteiger charge is 2.27. The van der Waals surface area contributed by atoms with Crippen molar-refractivity contribution < 1.29 is 22.0 Å². The highest BCUT2D eigenvalue weighted by atomic mass is 35.5. The molecular weight excluding hydrogens is 258 g/mol. The van der Waals surface area contributed by atoms with E-state index in [1.807, 2.05) is 6.92 Å². The van der Waals surface area contributed by atoms with Crippen LogP contribution < -0.4 is 12.4 Å². The Kier molecular flexibility index (Phi) is 14.9. The number of quaternary nitrogens is 1. The first-order chi connectivity index (χ1) is 8.63. The fraction of sp³-hybridized carbons (Fsp3) is 1.00. The number of halogens is 1. The molecule has 0 aliphatic heterocycles. The fourth-order valence-electron chi connectivity index (χ4n) is 2.82. The molecule has 0 aliphatic carbocycles. The van der Waals surface area contributed by atoms with Crippen LogP contribution in [0.2, 0.25) is 0 Å². The highest BCUT2D eigenvalue weighted by molar-refractivity contribution is 4.48. The molecule has 0 aromatic carbocycles. The van der Waals surface area contributed by atoms with Gasteiger partial charge < -0.3 is 17.5 Å². The van der Waals surface area contributed by atoms with Crippen molar-refractivity contribution in [1.29, 1.82) is 0 Å². The summed E-state index contributed by atoms with van der Waals surface area (Å²) >= 11 is 0. The molecule has 3 heteroatoms. The second-order valence-electron chi connectivity index (χ2n) is 5.68. The van der Waals surface area contributed by atoms with E-state index in [1.54, 1.807) is 0 Å². The monoisotopic (exact) mass is 293 g/mol. The lowest BCUT2D eigenvalue weighted by Crippen LogP contribution is -3.00. The van der Waals surface area contributed by atoms with E-state index in [4.69, 9.17) is 0 Å². The number of aliphatic hydroxyl groups excluding tert-OH is 1. The predicted octanol–water partition coefficient (Wildman–Crippen LogP) is 1.33. The maximum Gasteiger partial charge on any atom is 0.187 e. The molecule has 0 rings (SSSR count). The quantitative estimate of drug-likeness (QED) is 0.327. The summed E-state index contributed by atoms with van der Waals surface area (Å²) in [7, 11) is 0. The van der Waals surface area contributed by atoms with Crippen LogP contribution >= 0.6 is 0 Å². The van der Waals surface area contributed by atoms with Crippen LogP contribution in [0.5, 0.6) is 0 Å². The lowest BCUT2D eigenvalue weighted by Gasteiger charge is -2.39. The van der Waals surface area contributed by atoms with E-state index >= 15 is 0 Å². The molecule has 0 radical (unpaired) electrons. The Morgan fingerprint density at radius 1 is 0.789 bits per heavy atom. The number of rotatable bonds is 12. The molecule has 0 bridgehead atoms. The van der Waals surface area contributed by atoms with Crippen LogP contribution in [-0.4, -0.2) is 35.5 Å². The standard InChI is InChI=1S/C16H36NO.ClH/c1-5-8-9-10-11-12-13-14-15-17(6-2,7-3)16(4)18;/h16,18H,5-15H2,1-4H3;1H/q+1;/p-1. The van der Waals surface area contributed by atoms with Crippen LogP contribution in [0.3, 0.4) is 0 Å². The summed E-state index contributed by atoms with van der Waals surface area (Å²) in [6.45, 7) is 11.8. The second kappa shape index (κ2) is 13.2. The maximum absolute atomic E-state index is 9.93. The molecule has 0 heterocycles. The molecule has 0 saturated heterocycles. The van der Waals surface area contributed by atoms with E-state index in [1.165, 1.54) is 51.4 Å². The van der Waals surface area contributed by atoms with Crippen molar-refractivity contribution in [2.24, 2.45) is 0 Å². The molecule has 19 heavy (non-hydrogen) atoms. The van der Waals surface area contributed by atoms with E-state index in [0.717, 1.165) is 24.1 Å². The molecule has 0 aliphatic rings. The van der Waals surface area contributed by atoms with E-state index in [9.17, 15) is 5.11 Å². The van der Waals surface area contributed by atoms with Gasteiger partial charge in [-0.15, -0.1) is 0 Å². The van der Waals surface area contributed by atoms with Gasteiger partial charge in [-0.2, -0.15) is 0 Å². The summed E-state index contributed by atoms with van der Waals surface area (Å²) in [6, 6.07) is 0. The van der Waals surface area contributed by atoms with Crippen LogP contribution in [0.25, 0.3) is 0 Å². The van der Waals surface area contributed by atoms with Crippen molar-refractivity contribution in [1.82, 2.24) is 0 Å². The highest BCUT2D eigenvalue weighted by Crippen LogP contribution is 2.15. The van der Waals surface area contributed by atoms with Gasteiger partial charge in [0, 0.05) is 6.92 Å². The third-order valence-corrected chi connectivity index (χ3v) is 4.51. The van der Waals surface area contributed by atoms with E-state index in [0.29, 0.717) is 0 Å². The van der Waals surface area contributed by atoms with Crippen molar-refractivity contribution in [3.8, 4) is 0 Å². The minimum Gasteiger partial charge on any atom is -1.00 e. The molecular formula is C16H36ClNO. The van der Waals surface area contributed by atoms with Crippen molar-refractivity contribution in [2.45, 2.75) is 85.3 Å². The Morgan fingerprint density at radius 3 is 1.58 bits per heavy atom. The van der Waals surface area contributed by atoms with Crippen LogP contribution in [-0.2, 0) is 0 Å². The van der Waals surface area contributed by atoms with E-state index < -0.39 is 0 Å². The summed E-state index contributed by atoms with van der Waals surface area (Å²) in [5, 5.41) is 9.93. The largest absolute Gasteiger partial charge is 1.00 e. The van der Waals surface area contributed by atoms with E-state index in [-0.39, 0.29) is 18.6 Å². The van der Waals surface area contributed by atoms with Gasteiger partial charge >= 0.3 is 0 Å². The van der Waals surface area contributed by atoms with Gasteiger partial charge in [0.25, 0.3) is 0 Å². The van der Waals surface area contributed by atoms with Gasteiger partial charge in [-0.25, -0.2) is 0 Å². The number of nitrogens with zero attached hydrogens (tertiary/aromatic N) is 1. The third kappa shape index (κ3) is 8.88. The molecule has 0 aromatic rings. The molecule has 118 valence electrons. The van der Waals surface area contributed by atoms with Gasteiger partial charge in [-0.3, -0.25) is 4.48 Å². The average Bonchev–Trinajstić information content (AvgIpc) is 2.37. The third-order valence-electron chi connectivity index (χ3n) is 4.51. The van der Waals surface area contributed by atoms with Gasteiger partial charge in [-0.1, -0.05) is 45.4 Å². The number of aliphatic hydroxyl groups is 1. The zero-order valence-electron chi connectivity index (χ0n) is 13.6. The van der Waals surface area contributed by atoms with Crippen molar-refractivity contribution in [3.05, 3.63) is 0 Å². The first-order valence-electron chi connectivity index (χ1n) is 8.16. The molecule has 0 saturated carbocycles. The smallest absolute Gasteiger partial charge is 0.187 e. The lowest BCUT2D eigenvalue weighted by molar-refractivity contribution is -0.966. The normalized spacial score (nSPS) is 13.1. The molecule has 1 N–H and O–H groups in total. The van der Waals surface area contributed by atoms with Gasteiger partial charge in [0.1, 0.15) is 0 Å². The van der Waals surface area contributed by atoms with Gasteiger partial charge in [-0.05, 0) is 26.7 Å². The van der Waals surface area contributed by atoms with Gasteiger partial charge in [0.05, 0.1) is 19.6 Å². The molecule has 0 aromatic heterocycles. The van der Waals surface area contributed by atoms with Crippen molar-refractivity contribution in [3.63, 3.8) is 0 Å². The maximum atomic E-state index is 9.93. The lowest BCUT2D eigenvalue weighted by atomic mass is 10.1. The Morgan fingerprint density at radius 2 is 1.21 bits per heavy atom. The Bertz CT molecular complexity index is 182. The fourth-order valence-corrected chi connectivity index (χ4v) is 2.82. The van der Waals surface area contributed by atoms with Crippen LogP contribution in [0, 0.1) is 0 Å². The Hall–Kier alpha value is 0.210. The summed E-state index contributed by atoms with van der Waals surface area (Å²) in [5.74, 6) is 0. The Balaban J connectivity index is 0. The first kappa shape index (κ1) is 21.5. The van der Waals surface area contributed by atoms with Gasteiger partial charge in [0.2, 0.25) is 0 Å². The van der Waals surface area contributed by atoms with Crippen molar-refractivity contribution >= 4 is 0 Å². The molecule has 1 unspecified atom stereocenters. The summed E-state index contributed by atoms with van der Waals surface area (Å²) in [6.07, 6.45) is 10.7. The zero-order chi connectivity index (χ0) is 13.9. The zero-order valence-corrected chi connectivity index (χ0v) is 14.4. The van der Waals surface area contributed by atoms with Crippen LogP contribution in [0.1, 0.15) is 79.1 Å². The minimum atomic E-state index is -0.218. The second-order valence-corrected chi connectivity index (χ2v) is 5.68. The van der Waals surface area contributed by atoms with Crippen LogP contribution in [0.15, 0.2) is 0 Å². The SMILES string of the molecule is CCCCCCCCCC[N+](CC)(CC)C(C)O.[Cl-]. The molecule has 1 atom stereocenters. The van der Waals surface area contributed by atoms with Gasteiger partial charge in [0.15, 0.2) is 6.23 Å². The van der Waals surface area contributed by atoms with E-state index in [2.05, 4.69) is 20.8 Å². The summed E-state index contributed by atoms with van der Waals surface area (Å²) in [4.78, 5) is 0. The Labute approximate surface area is 127 Å². The molecule has 0 amide bonds. The molecule has 0 spiro atoms. The van der Waals surface area contributed by atoms with Crippen LogP contribution in [0.4, 0.5) is 0 Å². The first-order valence-corrected chi connectivity index (χ1v) is 8.16. The number of unbranched alkanes of at least 4 members (excludes halogenated alkanes) is 7. The summed E-state index contributed by atoms with van der Waals surface area (Å²) in [5.41, 5.74) is 0. The predicted molar refractivity (Wildman–Crippen MR) is 80.5 cm³/mol. The number of hydrogen-bond donors (Lipinski definition) is 1.